The lowest BCUT2D eigenvalue weighted by atomic mass is 10.0. The monoisotopic (exact) mass is 269 g/mol. The van der Waals surface area contributed by atoms with E-state index in [1.807, 2.05) is 13.8 Å². The van der Waals surface area contributed by atoms with Gasteiger partial charge in [0.05, 0.1) is 18.2 Å². The second kappa shape index (κ2) is 6.34. The second-order valence-electron chi connectivity index (χ2n) is 4.98. The van der Waals surface area contributed by atoms with Crippen LogP contribution in [-0.2, 0) is 12.8 Å². The molecule has 1 aromatic heterocycles. The minimum atomic E-state index is 0.418. The number of aryl methyl sites for hydroxylation is 1. The summed E-state index contributed by atoms with van der Waals surface area (Å²) >= 11 is 0. The van der Waals surface area contributed by atoms with Crippen LogP contribution >= 0.6 is 0 Å². The summed E-state index contributed by atoms with van der Waals surface area (Å²) in [6.07, 6.45) is 4.22. The van der Waals surface area contributed by atoms with Crippen molar-refractivity contribution in [3.8, 4) is 12.1 Å². The lowest BCUT2D eigenvalue weighted by Crippen LogP contribution is -2.29. The van der Waals surface area contributed by atoms with Crippen LogP contribution in [0.2, 0.25) is 0 Å². The van der Waals surface area contributed by atoms with Gasteiger partial charge >= 0.3 is 0 Å². The molecule has 104 valence electrons. The lowest BCUT2D eigenvalue weighted by molar-refractivity contribution is 0.749. The van der Waals surface area contributed by atoms with Gasteiger partial charge in [-0.05, 0) is 31.2 Å². The van der Waals surface area contributed by atoms with Gasteiger partial charge in [-0.15, -0.1) is 5.10 Å². The molecule has 1 aromatic rings. The smallest absolute Gasteiger partial charge is 0.169 e. The summed E-state index contributed by atoms with van der Waals surface area (Å²) < 4.78 is 0. The molecule has 2 rings (SSSR count). The van der Waals surface area contributed by atoms with Crippen LogP contribution in [0.15, 0.2) is 0 Å². The Bertz CT molecular complexity index is 563. The van der Waals surface area contributed by atoms with Crippen molar-refractivity contribution in [3.05, 3.63) is 16.8 Å². The highest BCUT2D eigenvalue weighted by Gasteiger charge is 2.32. The highest BCUT2D eigenvalue weighted by atomic mass is 15.3. The van der Waals surface area contributed by atoms with Crippen molar-refractivity contribution in [2.75, 3.05) is 11.4 Å². The summed E-state index contributed by atoms with van der Waals surface area (Å²) in [6, 6.07) is 4.89. The van der Waals surface area contributed by atoms with Crippen molar-refractivity contribution >= 4 is 5.82 Å². The predicted octanol–water partition coefficient (Wildman–Crippen LogP) is 2.36. The fourth-order valence-electron chi connectivity index (χ4n) is 2.50. The first-order valence-corrected chi connectivity index (χ1v) is 7.18. The van der Waals surface area contributed by atoms with E-state index in [9.17, 15) is 5.26 Å². The molecular formula is C15H19N5. The highest BCUT2D eigenvalue weighted by Crippen LogP contribution is 2.33. The molecule has 1 heterocycles. The number of anilines is 1. The number of nitrogens with zero attached hydrogens (tertiary/aromatic N) is 5. The Morgan fingerprint density at radius 1 is 1.20 bits per heavy atom. The van der Waals surface area contributed by atoms with E-state index < -0.39 is 0 Å². The first-order chi connectivity index (χ1) is 9.76. The van der Waals surface area contributed by atoms with E-state index in [1.54, 1.807) is 0 Å². The van der Waals surface area contributed by atoms with E-state index in [0.717, 1.165) is 36.9 Å². The zero-order valence-corrected chi connectivity index (χ0v) is 12.1. The van der Waals surface area contributed by atoms with E-state index in [2.05, 4.69) is 27.2 Å². The molecule has 0 bridgehead atoms. The van der Waals surface area contributed by atoms with Gasteiger partial charge < -0.3 is 4.90 Å². The molecule has 0 unspecified atom stereocenters. The van der Waals surface area contributed by atoms with Gasteiger partial charge in [0.2, 0.25) is 0 Å². The average molecular weight is 269 g/mol. The van der Waals surface area contributed by atoms with Gasteiger partial charge in [0, 0.05) is 12.6 Å². The Morgan fingerprint density at radius 3 is 2.45 bits per heavy atom. The van der Waals surface area contributed by atoms with E-state index in [-0.39, 0.29) is 0 Å². The molecule has 5 heteroatoms. The molecule has 0 atom stereocenters. The molecule has 0 saturated heterocycles. The van der Waals surface area contributed by atoms with Crippen LogP contribution in [0.25, 0.3) is 0 Å². The predicted molar refractivity (Wildman–Crippen MR) is 76.1 cm³/mol. The summed E-state index contributed by atoms with van der Waals surface area (Å²) in [5, 5.41) is 26.9. The van der Waals surface area contributed by atoms with Crippen molar-refractivity contribution in [1.82, 2.24) is 10.2 Å². The number of hydrogen-bond acceptors (Lipinski definition) is 5. The topological polar surface area (TPSA) is 76.6 Å². The molecular weight excluding hydrogens is 250 g/mol. The molecule has 0 radical (unpaired) electrons. The number of nitriles is 2. The summed E-state index contributed by atoms with van der Waals surface area (Å²) in [7, 11) is 0. The molecule has 1 aliphatic carbocycles. The Kier molecular flexibility index (Phi) is 4.53. The minimum absolute atomic E-state index is 0.418. The van der Waals surface area contributed by atoms with Gasteiger partial charge in [-0.3, -0.25) is 0 Å². The van der Waals surface area contributed by atoms with E-state index >= 15 is 0 Å². The maximum Gasteiger partial charge on any atom is 0.169 e. The van der Waals surface area contributed by atoms with Gasteiger partial charge in [0.15, 0.2) is 5.82 Å². The third-order valence-electron chi connectivity index (χ3n) is 3.66. The van der Waals surface area contributed by atoms with Crippen molar-refractivity contribution in [1.29, 1.82) is 10.5 Å². The SMILES string of the molecule is CCc1nnc(N(CCC#N)C2CC2)c(C#N)c1CC. The van der Waals surface area contributed by atoms with Gasteiger partial charge in [0.1, 0.15) is 11.6 Å². The minimum Gasteiger partial charge on any atom is -0.350 e. The maximum absolute atomic E-state index is 9.52. The van der Waals surface area contributed by atoms with E-state index in [1.165, 1.54) is 0 Å². The summed E-state index contributed by atoms with van der Waals surface area (Å²) in [4.78, 5) is 2.09. The first-order valence-electron chi connectivity index (χ1n) is 7.18. The van der Waals surface area contributed by atoms with Gasteiger partial charge in [0.25, 0.3) is 0 Å². The molecule has 1 aliphatic rings. The van der Waals surface area contributed by atoms with Gasteiger partial charge in [-0.25, -0.2) is 0 Å². The van der Waals surface area contributed by atoms with Gasteiger partial charge in [-0.1, -0.05) is 13.8 Å². The normalized spacial score (nSPS) is 13.6. The number of aromatic nitrogens is 2. The number of rotatable bonds is 6. The number of hydrogen-bond donors (Lipinski definition) is 0. The summed E-state index contributed by atoms with van der Waals surface area (Å²) in [6.45, 7) is 4.69. The summed E-state index contributed by atoms with van der Waals surface area (Å²) in [5.74, 6) is 0.666. The molecule has 0 N–H and O–H groups in total. The van der Waals surface area contributed by atoms with E-state index in [0.29, 0.717) is 30.4 Å². The molecule has 5 nitrogen and oxygen atoms in total. The Labute approximate surface area is 119 Å². The quantitative estimate of drug-likeness (QED) is 0.792. The van der Waals surface area contributed by atoms with Crippen LogP contribution < -0.4 is 4.90 Å². The Hall–Kier alpha value is -2.14. The fraction of sp³-hybridized carbons (Fsp3) is 0.600. The van der Waals surface area contributed by atoms with Crippen LogP contribution in [0.4, 0.5) is 5.82 Å². The molecule has 20 heavy (non-hydrogen) atoms. The molecule has 0 amide bonds. The van der Waals surface area contributed by atoms with Crippen LogP contribution in [0, 0.1) is 22.7 Å². The van der Waals surface area contributed by atoms with E-state index in [4.69, 9.17) is 5.26 Å². The Balaban J connectivity index is 2.44. The van der Waals surface area contributed by atoms with Crippen LogP contribution in [0.5, 0.6) is 0 Å². The molecule has 1 saturated carbocycles. The third-order valence-corrected chi connectivity index (χ3v) is 3.66. The van der Waals surface area contributed by atoms with Crippen LogP contribution in [0.1, 0.15) is 49.9 Å². The summed E-state index contributed by atoms with van der Waals surface area (Å²) in [5.41, 5.74) is 2.55. The molecule has 0 aromatic carbocycles. The average Bonchev–Trinajstić information content (AvgIpc) is 3.31. The van der Waals surface area contributed by atoms with Gasteiger partial charge in [-0.2, -0.15) is 15.6 Å². The molecule has 1 fully saturated rings. The third kappa shape index (κ3) is 2.72. The molecule has 0 spiro atoms. The largest absolute Gasteiger partial charge is 0.350 e. The van der Waals surface area contributed by atoms with Crippen molar-refractivity contribution in [2.24, 2.45) is 0 Å². The molecule has 0 aliphatic heterocycles. The zero-order valence-electron chi connectivity index (χ0n) is 12.1. The van der Waals surface area contributed by atoms with Crippen LogP contribution in [0.3, 0.4) is 0 Å². The van der Waals surface area contributed by atoms with Crippen LogP contribution in [-0.4, -0.2) is 22.8 Å². The zero-order chi connectivity index (χ0) is 14.5. The fourth-order valence-corrected chi connectivity index (χ4v) is 2.50. The first kappa shape index (κ1) is 14.3. The van der Waals surface area contributed by atoms with Crippen molar-refractivity contribution in [2.45, 2.75) is 52.0 Å². The Morgan fingerprint density at radius 2 is 1.95 bits per heavy atom. The lowest BCUT2D eigenvalue weighted by Gasteiger charge is -2.24. The van der Waals surface area contributed by atoms with Crippen molar-refractivity contribution < 1.29 is 0 Å². The van der Waals surface area contributed by atoms with Crippen molar-refractivity contribution in [3.63, 3.8) is 0 Å². The maximum atomic E-state index is 9.52. The highest BCUT2D eigenvalue weighted by molar-refractivity contribution is 5.59. The standard InChI is InChI=1S/C15H19N5/c1-3-12-13(10-17)15(19-18-14(12)4-2)20(9-5-8-16)11-6-7-11/h11H,3-7,9H2,1-2H3. The second-order valence-corrected chi connectivity index (χ2v) is 4.98.